The van der Waals surface area contributed by atoms with E-state index in [0.29, 0.717) is 10.9 Å². The standard InChI is InChI=1S/C14H14N2O2/c1-14(2,3)18-13(17)12-9-6-4-5-7-10(9)16-11(12)8-15/h4-7,16H,1-3H3. The molecule has 92 valence electrons. The number of nitriles is 1. The number of hydrogen-bond acceptors (Lipinski definition) is 3. The number of rotatable bonds is 1. The molecule has 4 nitrogen and oxygen atoms in total. The van der Waals surface area contributed by atoms with Crippen molar-refractivity contribution in [1.82, 2.24) is 4.98 Å². The number of hydrogen-bond donors (Lipinski definition) is 1. The fourth-order valence-electron chi connectivity index (χ4n) is 1.77. The van der Waals surface area contributed by atoms with Gasteiger partial charge < -0.3 is 9.72 Å². The van der Waals surface area contributed by atoms with Crippen LogP contribution < -0.4 is 0 Å². The predicted molar refractivity (Wildman–Crippen MR) is 68.2 cm³/mol. The SMILES string of the molecule is CC(C)(C)OC(=O)c1c(C#N)[nH]c2ccccc12. The second-order valence-electron chi connectivity index (χ2n) is 5.03. The number of H-pyrrole nitrogens is 1. The predicted octanol–water partition coefficient (Wildman–Crippen LogP) is 2.99. The second kappa shape index (κ2) is 4.19. The monoisotopic (exact) mass is 242 g/mol. The van der Waals surface area contributed by atoms with Gasteiger partial charge in [-0.2, -0.15) is 5.26 Å². The topological polar surface area (TPSA) is 65.9 Å². The summed E-state index contributed by atoms with van der Waals surface area (Å²) in [4.78, 5) is 15.0. The van der Waals surface area contributed by atoms with E-state index in [4.69, 9.17) is 10.00 Å². The second-order valence-corrected chi connectivity index (χ2v) is 5.03. The van der Waals surface area contributed by atoms with Gasteiger partial charge in [-0.05, 0) is 26.8 Å². The fraction of sp³-hybridized carbons (Fsp3) is 0.286. The van der Waals surface area contributed by atoms with Crippen LogP contribution in [0.5, 0.6) is 0 Å². The van der Waals surface area contributed by atoms with Crippen LogP contribution in [0.1, 0.15) is 36.8 Å². The van der Waals surface area contributed by atoms with Crippen LogP contribution in [0.3, 0.4) is 0 Å². The molecule has 0 aliphatic carbocycles. The summed E-state index contributed by atoms with van der Waals surface area (Å²) >= 11 is 0. The molecular weight excluding hydrogens is 228 g/mol. The Balaban J connectivity index is 2.56. The highest BCUT2D eigenvalue weighted by Gasteiger charge is 2.24. The number of fused-ring (bicyclic) bond motifs is 1. The number of benzene rings is 1. The van der Waals surface area contributed by atoms with Gasteiger partial charge in [-0.1, -0.05) is 18.2 Å². The van der Waals surface area contributed by atoms with Gasteiger partial charge in [-0.25, -0.2) is 4.79 Å². The minimum atomic E-state index is -0.581. The fourth-order valence-corrected chi connectivity index (χ4v) is 1.77. The van der Waals surface area contributed by atoms with E-state index < -0.39 is 11.6 Å². The molecule has 4 heteroatoms. The van der Waals surface area contributed by atoms with E-state index in [1.54, 1.807) is 26.8 Å². The number of carbonyl (C=O) groups excluding carboxylic acids is 1. The van der Waals surface area contributed by atoms with Crippen LogP contribution in [-0.2, 0) is 4.74 Å². The number of carbonyl (C=O) groups is 1. The van der Waals surface area contributed by atoms with Crippen LogP contribution >= 0.6 is 0 Å². The lowest BCUT2D eigenvalue weighted by molar-refractivity contribution is 0.00716. The summed E-state index contributed by atoms with van der Waals surface area (Å²) < 4.78 is 5.32. The number of esters is 1. The summed E-state index contributed by atoms with van der Waals surface area (Å²) in [7, 11) is 0. The summed E-state index contributed by atoms with van der Waals surface area (Å²) in [5.41, 5.74) is 0.728. The van der Waals surface area contributed by atoms with Crippen molar-refractivity contribution >= 4 is 16.9 Å². The highest BCUT2D eigenvalue weighted by molar-refractivity contribution is 6.06. The van der Waals surface area contributed by atoms with Gasteiger partial charge in [0.25, 0.3) is 0 Å². The van der Waals surface area contributed by atoms with Crippen LogP contribution in [0.25, 0.3) is 10.9 Å². The van der Waals surface area contributed by atoms with Crippen molar-refractivity contribution in [1.29, 1.82) is 5.26 Å². The lowest BCUT2D eigenvalue weighted by Crippen LogP contribution is -2.24. The lowest BCUT2D eigenvalue weighted by atomic mass is 10.1. The molecule has 1 N–H and O–H groups in total. The highest BCUT2D eigenvalue weighted by atomic mass is 16.6. The zero-order valence-corrected chi connectivity index (χ0v) is 10.6. The van der Waals surface area contributed by atoms with Gasteiger partial charge in [0.15, 0.2) is 0 Å². The Kier molecular flexibility index (Phi) is 2.84. The molecule has 0 aliphatic rings. The maximum absolute atomic E-state index is 12.1. The maximum Gasteiger partial charge on any atom is 0.342 e. The zero-order valence-electron chi connectivity index (χ0n) is 10.6. The summed E-state index contributed by atoms with van der Waals surface area (Å²) in [6.45, 7) is 5.39. The summed E-state index contributed by atoms with van der Waals surface area (Å²) in [5, 5.41) is 9.79. The minimum Gasteiger partial charge on any atom is -0.456 e. The third-order valence-electron chi connectivity index (χ3n) is 2.42. The quantitative estimate of drug-likeness (QED) is 0.782. The lowest BCUT2D eigenvalue weighted by Gasteiger charge is -2.19. The Bertz CT molecular complexity index is 642. The molecule has 0 saturated carbocycles. The molecule has 0 spiro atoms. The molecule has 2 rings (SSSR count). The normalized spacial score (nSPS) is 11.2. The van der Waals surface area contributed by atoms with Crippen molar-refractivity contribution in [3.63, 3.8) is 0 Å². The molecule has 1 aromatic heterocycles. The van der Waals surface area contributed by atoms with E-state index in [1.165, 1.54) is 0 Å². The van der Waals surface area contributed by atoms with Crippen LogP contribution in [0.2, 0.25) is 0 Å². The Hall–Kier alpha value is -2.28. The first-order valence-corrected chi connectivity index (χ1v) is 5.66. The van der Waals surface area contributed by atoms with Gasteiger partial charge >= 0.3 is 5.97 Å². The Labute approximate surface area is 105 Å². The van der Waals surface area contributed by atoms with E-state index in [2.05, 4.69) is 4.98 Å². The molecule has 0 aliphatic heterocycles. The number of para-hydroxylation sites is 1. The van der Waals surface area contributed by atoms with E-state index in [0.717, 1.165) is 5.52 Å². The largest absolute Gasteiger partial charge is 0.456 e. The molecule has 18 heavy (non-hydrogen) atoms. The number of nitrogens with one attached hydrogen (secondary N) is 1. The smallest absolute Gasteiger partial charge is 0.342 e. The van der Waals surface area contributed by atoms with Crippen LogP contribution in [0.15, 0.2) is 24.3 Å². The average Bonchev–Trinajstić information content (AvgIpc) is 2.64. The minimum absolute atomic E-state index is 0.241. The first kappa shape index (κ1) is 12.2. The number of ether oxygens (including phenoxy) is 1. The third-order valence-corrected chi connectivity index (χ3v) is 2.42. The van der Waals surface area contributed by atoms with E-state index >= 15 is 0 Å². The molecular formula is C14H14N2O2. The Morgan fingerprint density at radius 2 is 2.00 bits per heavy atom. The van der Waals surface area contributed by atoms with Crippen molar-refractivity contribution in [2.24, 2.45) is 0 Å². The molecule has 0 bridgehead atoms. The molecule has 0 radical (unpaired) electrons. The van der Waals surface area contributed by atoms with Crippen LogP contribution in [-0.4, -0.2) is 16.6 Å². The van der Waals surface area contributed by atoms with Crippen LogP contribution in [0.4, 0.5) is 0 Å². The molecule has 1 aromatic carbocycles. The van der Waals surface area contributed by atoms with Gasteiger partial charge in [0.1, 0.15) is 22.9 Å². The van der Waals surface area contributed by atoms with Gasteiger partial charge in [-0.3, -0.25) is 0 Å². The molecule has 0 atom stereocenters. The van der Waals surface area contributed by atoms with Crippen molar-refractivity contribution < 1.29 is 9.53 Å². The molecule has 0 saturated heterocycles. The molecule has 0 fully saturated rings. The number of aromatic nitrogens is 1. The number of aromatic amines is 1. The first-order valence-electron chi connectivity index (χ1n) is 5.66. The first-order chi connectivity index (χ1) is 8.42. The molecule has 1 heterocycles. The Morgan fingerprint density at radius 3 is 2.61 bits per heavy atom. The Morgan fingerprint density at radius 1 is 1.33 bits per heavy atom. The maximum atomic E-state index is 12.1. The zero-order chi connectivity index (χ0) is 13.3. The van der Waals surface area contributed by atoms with Gasteiger partial charge in [0.05, 0.1) is 0 Å². The average molecular weight is 242 g/mol. The molecule has 0 amide bonds. The van der Waals surface area contributed by atoms with Gasteiger partial charge in [0, 0.05) is 10.9 Å². The molecule has 0 unspecified atom stereocenters. The number of nitrogens with zero attached hydrogens (tertiary/aromatic N) is 1. The van der Waals surface area contributed by atoms with Gasteiger partial charge in [-0.15, -0.1) is 0 Å². The summed E-state index contributed by atoms with van der Waals surface area (Å²) in [5.74, 6) is -0.475. The van der Waals surface area contributed by atoms with Crippen molar-refractivity contribution in [3.8, 4) is 6.07 Å². The third kappa shape index (κ3) is 2.21. The van der Waals surface area contributed by atoms with Gasteiger partial charge in [0.2, 0.25) is 0 Å². The van der Waals surface area contributed by atoms with Crippen LogP contribution in [0, 0.1) is 11.3 Å². The van der Waals surface area contributed by atoms with Crippen molar-refractivity contribution in [2.45, 2.75) is 26.4 Å². The van der Waals surface area contributed by atoms with Crippen molar-refractivity contribution in [2.75, 3.05) is 0 Å². The van der Waals surface area contributed by atoms with E-state index in [-0.39, 0.29) is 5.69 Å². The van der Waals surface area contributed by atoms with E-state index in [9.17, 15) is 4.79 Å². The van der Waals surface area contributed by atoms with E-state index in [1.807, 2.05) is 24.3 Å². The summed E-state index contributed by atoms with van der Waals surface area (Å²) in [6, 6.07) is 9.29. The summed E-state index contributed by atoms with van der Waals surface area (Å²) in [6.07, 6.45) is 0. The van der Waals surface area contributed by atoms with Crippen molar-refractivity contribution in [3.05, 3.63) is 35.5 Å². The molecule has 2 aromatic rings. The highest BCUT2D eigenvalue weighted by Crippen LogP contribution is 2.24.